The third-order valence-corrected chi connectivity index (χ3v) is 5.96. The molecule has 1 heterocycles. The molecule has 1 atom stereocenters. The van der Waals surface area contributed by atoms with E-state index in [4.69, 9.17) is 0 Å². The molecule has 20 heavy (non-hydrogen) atoms. The molecule has 2 fully saturated rings. The molecular formula is C14H29N3O2S. The Labute approximate surface area is 123 Å². The first kappa shape index (κ1) is 16.2. The van der Waals surface area contributed by atoms with Crippen molar-refractivity contribution in [3.63, 3.8) is 0 Å². The van der Waals surface area contributed by atoms with E-state index in [9.17, 15) is 8.42 Å². The second-order valence-electron chi connectivity index (χ2n) is 6.58. The summed E-state index contributed by atoms with van der Waals surface area (Å²) in [6.07, 6.45) is 5.68. The van der Waals surface area contributed by atoms with E-state index in [2.05, 4.69) is 23.9 Å². The van der Waals surface area contributed by atoms with Gasteiger partial charge < -0.3 is 5.32 Å². The predicted octanol–water partition coefficient (Wildman–Crippen LogP) is 1.33. The van der Waals surface area contributed by atoms with Crippen LogP contribution in [0.15, 0.2) is 0 Å². The minimum atomic E-state index is -3.27. The molecule has 0 aromatic heterocycles. The number of nitrogens with one attached hydrogen (secondary N) is 2. The summed E-state index contributed by atoms with van der Waals surface area (Å²) in [7, 11) is -3.27. The summed E-state index contributed by atoms with van der Waals surface area (Å²) in [4.78, 5) is 0. The Morgan fingerprint density at radius 3 is 2.40 bits per heavy atom. The van der Waals surface area contributed by atoms with Crippen molar-refractivity contribution in [2.24, 2.45) is 11.8 Å². The molecule has 1 aliphatic heterocycles. The van der Waals surface area contributed by atoms with Crippen LogP contribution < -0.4 is 10.0 Å². The summed E-state index contributed by atoms with van der Waals surface area (Å²) in [5.74, 6) is 0.999. The number of hydrogen-bond donors (Lipinski definition) is 2. The van der Waals surface area contributed by atoms with Crippen LogP contribution in [0.2, 0.25) is 0 Å². The molecule has 1 aliphatic carbocycles. The summed E-state index contributed by atoms with van der Waals surface area (Å²) < 4.78 is 29.1. The lowest BCUT2D eigenvalue weighted by Gasteiger charge is -2.33. The first-order chi connectivity index (χ1) is 9.47. The Bertz CT molecular complexity index is 393. The molecule has 1 saturated heterocycles. The third-order valence-electron chi connectivity index (χ3n) is 4.42. The van der Waals surface area contributed by atoms with Crippen LogP contribution in [0.3, 0.4) is 0 Å². The maximum Gasteiger partial charge on any atom is 0.279 e. The smallest absolute Gasteiger partial charge is 0.279 e. The summed E-state index contributed by atoms with van der Waals surface area (Å²) in [5, 5.41) is 3.41. The third kappa shape index (κ3) is 4.69. The molecule has 0 aromatic carbocycles. The van der Waals surface area contributed by atoms with Crippen LogP contribution in [-0.2, 0) is 10.2 Å². The molecule has 0 aromatic rings. The van der Waals surface area contributed by atoms with Gasteiger partial charge in [-0.15, -0.1) is 0 Å². The van der Waals surface area contributed by atoms with Crippen LogP contribution in [0, 0.1) is 11.8 Å². The van der Waals surface area contributed by atoms with Gasteiger partial charge in [-0.1, -0.05) is 20.3 Å². The Hall–Kier alpha value is -0.170. The van der Waals surface area contributed by atoms with Gasteiger partial charge in [-0.05, 0) is 44.1 Å². The van der Waals surface area contributed by atoms with Crippen molar-refractivity contribution in [3.8, 4) is 0 Å². The van der Waals surface area contributed by atoms with Crippen molar-refractivity contribution in [2.45, 2.75) is 52.0 Å². The quantitative estimate of drug-likeness (QED) is 0.746. The van der Waals surface area contributed by atoms with E-state index in [1.807, 2.05) is 0 Å². The van der Waals surface area contributed by atoms with Gasteiger partial charge in [0.1, 0.15) is 0 Å². The standard InChI is InChI=1S/C14H29N3O2S/c1-12(2)15-9-14-7-4-8-17(11-14)20(18,19)16-10-13-5-3-6-13/h12-16H,3-11H2,1-2H3. The van der Waals surface area contributed by atoms with Gasteiger partial charge in [-0.3, -0.25) is 0 Å². The van der Waals surface area contributed by atoms with Gasteiger partial charge in [0.05, 0.1) is 0 Å². The Morgan fingerprint density at radius 2 is 1.80 bits per heavy atom. The maximum atomic E-state index is 12.3. The monoisotopic (exact) mass is 303 g/mol. The summed E-state index contributed by atoms with van der Waals surface area (Å²) >= 11 is 0. The molecule has 0 bridgehead atoms. The van der Waals surface area contributed by atoms with E-state index in [1.165, 1.54) is 19.3 Å². The van der Waals surface area contributed by atoms with Crippen molar-refractivity contribution in [3.05, 3.63) is 0 Å². The van der Waals surface area contributed by atoms with E-state index >= 15 is 0 Å². The average molecular weight is 303 g/mol. The largest absolute Gasteiger partial charge is 0.314 e. The molecule has 2 rings (SSSR count). The zero-order valence-electron chi connectivity index (χ0n) is 12.8. The second kappa shape index (κ2) is 7.20. The molecule has 2 N–H and O–H groups in total. The molecule has 1 unspecified atom stereocenters. The molecular weight excluding hydrogens is 274 g/mol. The fourth-order valence-electron chi connectivity index (χ4n) is 2.83. The van der Waals surface area contributed by atoms with Gasteiger partial charge in [-0.2, -0.15) is 12.7 Å². The Balaban J connectivity index is 1.80. The fraction of sp³-hybridized carbons (Fsp3) is 1.00. The summed E-state index contributed by atoms with van der Waals surface area (Å²) in [5.41, 5.74) is 0. The van der Waals surface area contributed by atoms with Crippen molar-refractivity contribution in [2.75, 3.05) is 26.2 Å². The predicted molar refractivity (Wildman–Crippen MR) is 81.7 cm³/mol. The summed E-state index contributed by atoms with van der Waals surface area (Å²) in [6.45, 7) is 7.09. The Morgan fingerprint density at radius 1 is 1.10 bits per heavy atom. The van der Waals surface area contributed by atoms with Gasteiger partial charge in [0.25, 0.3) is 10.2 Å². The van der Waals surface area contributed by atoms with Gasteiger partial charge >= 0.3 is 0 Å². The van der Waals surface area contributed by atoms with Gasteiger partial charge in [0.2, 0.25) is 0 Å². The molecule has 0 amide bonds. The van der Waals surface area contributed by atoms with Gasteiger partial charge in [0, 0.05) is 25.7 Å². The van der Waals surface area contributed by atoms with Crippen LogP contribution in [0.4, 0.5) is 0 Å². The zero-order chi connectivity index (χ0) is 14.6. The highest BCUT2D eigenvalue weighted by Gasteiger charge is 2.29. The SMILES string of the molecule is CC(C)NCC1CCCN(S(=O)(=O)NCC2CCC2)C1. The van der Waals surface area contributed by atoms with Crippen molar-refractivity contribution in [1.29, 1.82) is 0 Å². The first-order valence-electron chi connectivity index (χ1n) is 7.95. The molecule has 118 valence electrons. The number of nitrogens with zero attached hydrogens (tertiary/aromatic N) is 1. The zero-order valence-corrected chi connectivity index (χ0v) is 13.6. The number of rotatable bonds is 7. The van der Waals surface area contributed by atoms with Crippen molar-refractivity contribution < 1.29 is 8.42 Å². The molecule has 2 aliphatic rings. The van der Waals surface area contributed by atoms with Crippen molar-refractivity contribution >= 4 is 10.2 Å². The average Bonchev–Trinajstić information content (AvgIpc) is 2.35. The minimum absolute atomic E-state index is 0.437. The molecule has 0 spiro atoms. The minimum Gasteiger partial charge on any atom is -0.314 e. The molecule has 1 saturated carbocycles. The van der Waals surface area contributed by atoms with E-state index in [0.29, 0.717) is 37.5 Å². The van der Waals surface area contributed by atoms with Crippen LogP contribution in [-0.4, -0.2) is 44.9 Å². The number of piperidine rings is 1. The number of hydrogen-bond acceptors (Lipinski definition) is 3. The lowest BCUT2D eigenvalue weighted by molar-refractivity contribution is 0.251. The first-order valence-corrected chi connectivity index (χ1v) is 9.39. The molecule has 5 nitrogen and oxygen atoms in total. The molecule has 6 heteroatoms. The lowest BCUT2D eigenvalue weighted by Crippen LogP contribution is -2.49. The Kier molecular flexibility index (Phi) is 5.84. The topological polar surface area (TPSA) is 61.4 Å². The van der Waals surface area contributed by atoms with E-state index in [-0.39, 0.29) is 0 Å². The van der Waals surface area contributed by atoms with E-state index in [1.54, 1.807) is 4.31 Å². The van der Waals surface area contributed by atoms with Gasteiger partial charge in [0.15, 0.2) is 0 Å². The normalized spacial score (nSPS) is 25.9. The van der Waals surface area contributed by atoms with Crippen LogP contribution in [0.5, 0.6) is 0 Å². The van der Waals surface area contributed by atoms with E-state index in [0.717, 1.165) is 19.4 Å². The second-order valence-corrected chi connectivity index (χ2v) is 8.33. The van der Waals surface area contributed by atoms with Crippen LogP contribution >= 0.6 is 0 Å². The highest BCUT2D eigenvalue weighted by atomic mass is 32.2. The van der Waals surface area contributed by atoms with Gasteiger partial charge in [-0.25, -0.2) is 4.72 Å². The van der Waals surface area contributed by atoms with Crippen molar-refractivity contribution in [1.82, 2.24) is 14.3 Å². The highest BCUT2D eigenvalue weighted by molar-refractivity contribution is 7.87. The van der Waals surface area contributed by atoms with Crippen LogP contribution in [0.1, 0.15) is 46.0 Å². The fourth-order valence-corrected chi connectivity index (χ4v) is 4.23. The highest BCUT2D eigenvalue weighted by Crippen LogP contribution is 2.26. The van der Waals surface area contributed by atoms with E-state index < -0.39 is 10.2 Å². The molecule has 0 radical (unpaired) electrons. The van der Waals surface area contributed by atoms with Crippen LogP contribution in [0.25, 0.3) is 0 Å². The summed E-state index contributed by atoms with van der Waals surface area (Å²) in [6, 6.07) is 0.457. The maximum absolute atomic E-state index is 12.3. The lowest BCUT2D eigenvalue weighted by atomic mass is 9.86.